The van der Waals surface area contributed by atoms with Crippen LogP contribution in [-0.2, 0) is 0 Å². The Bertz CT molecular complexity index is 205. The molecule has 0 aliphatic carbocycles. The van der Waals surface area contributed by atoms with E-state index in [0.29, 0.717) is 6.01 Å². The zero-order chi connectivity index (χ0) is 7.52. The van der Waals surface area contributed by atoms with E-state index in [1.54, 1.807) is 0 Å². The van der Waals surface area contributed by atoms with Crippen molar-refractivity contribution in [3.05, 3.63) is 0 Å². The van der Waals surface area contributed by atoms with Crippen LogP contribution < -0.4 is 10.1 Å². The van der Waals surface area contributed by atoms with E-state index < -0.39 is 0 Å². The summed E-state index contributed by atoms with van der Waals surface area (Å²) in [5.74, 6) is 0. The molecule has 60 valence electrons. The highest BCUT2D eigenvalue weighted by Gasteiger charge is 2.17. The Kier molecular flexibility index (Phi) is 1.68. The van der Waals surface area contributed by atoms with Crippen molar-refractivity contribution in [2.75, 3.05) is 13.1 Å². The maximum atomic E-state index is 5.34. The molecule has 0 bridgehead atoms. The average Bonchev–Trinajstić information content (AvgIpc) is 2.60. The second-order valence-electron chi connectivity index (χ2n) is 2.43. The summed E-state index contributed by atoms with van der Waals surface area (Å²) in [5, 5.41) is 16.2. The lowest BCUT2D eigenvalue weighted by atomic mass is 10.3. The number of aromatic amines is 1. The van der Waals surface area contributed by atoms with Gasteiger partial charge in [0, 0.05) is 6.54 Å². The quantitative estimate of drug-likeness (QED) is 0.569. The molecular weight excluding hydrogens is 146 g/mol. The monoisotopic (exact) mass is 155 g/mol. The highest BCUT2D eigenvalue weighted by molar-refractivity contribution is 4.86. The van der Waals surface area contributed by atoms with Crippen LogP contribution in [0.5, 0.6) is 6.01 Å². The molecule has 1 aliphatic rings. The molecule has 0 saturated carbocycles. The van der Waals surface area contributed by atoms with E-state index in [4.69, 9.17) is 4.74 Å². The second-order valence-corrected chi connectivity index (χ2v) is 2.43. The lowest BCUT2D eigenvalue weighted by Crippen LogP contribution is -2.20. The van der Waals surface area contributed by atoms with Gasteiger partial charge in [-0.1, -0.05) is 10.2 Å². The molecule has 1 saturated heterocycles. The number of aromatic nitrogens is 4. The van der Waals surface area contributed by atoms with Gasteiger partial charge >= 0.3 is 6.01 Å². The third-order valence-corrected chi connectivity index (χ3v) is 1.61. The minimum atomic E-state index is 0.201. The first kappa shape index (κ1) is 6.53. The Balaban J connectivity index is 1.90. The van der Waals surface area contributed by atoms with E-state index in [1.165, 1.54) is 0 Å². The van der Waals surface area contributed by atoms with E-state index in [9.17, 15) is 0 Å². The highest BCUT2D eigenvalue weighted by Crippen LogP contribution is 2.05. The summed E-state index contributed by atoms with van der Waals surface area (Å²) in [6.07, 6.45) is 1.21. The second kappa shape index (κ2) is 2.83. The fourth-order valence-corrected chi connectivity index (χ4v) is 1.08. The zero-order valence-corrected chi connectivity index (χ0v) is 5.95. The average molecular weight is 155 g/mol. The normalized spacial score (nSPS) is 23.8. The summed E-state index contributed by atoms with van der Waals surface area (Å²) in [7, 11) is 0. The van der Waals surface area contributed by atoms with Gasteiger partial charge in [-0.05, 0) is 18.2 Å². The molecule has 6 nitrogen and oxygen atoms in total. The number of hydrogen-bond acceptors (Lipinski definition) is 5. The van der Waals surface area contributed by atoms with E-state index in [2.05, 4.69) is 25.9 Å². The molecule has 2 N–H and O–H groups in total. The predicted molar refractivity (Wildman–Crippen MR) is 36.1 cm³/mol. The summed E-state index contributed by atoms with van der Waals surface area (Å²) < 4.78 is 5.34. The van der Waals surface area contributed by atoms with Crippen LogP contribution in [0, 0.1) is 0 Å². The van der Waals surface area contributed by atoms with Crippen LogP contribution in [0.15, 0.2) is 0 Å². The topological polar surface area (TPSA) is 75.7 Å². The van der Waals surface area contributed by atoms with Crippen molar-refractivity contribution < 1.29 is 4.74 Å². The van der Waals surface area contributed by atoms with E-state index in [-0.39, 0.29) is 6.10 Å². The van der Waals surface area contributed by atoms with Gasteiger partial charge in [0.2, 0.25) is 0 Å². The first-order valence-electron chi connectivity index (χ1n) is 3.56. The van der Waals surface area contributed by atoms with Gasteiger partial charge in [-0.3, -0.25) is 0 Å². The summed E-state index contributed by atoms with van der Waals surface area (Å²) in [5.41, 5.74) is 0. The number of H-pyrrole nitrogens is 1. The number of rotatable bonds is 2. The summed E-state index contributed by atoms with van der Waals surface area (Å²) >= 11 is 0. The lowest BCUT2D eigenvalue weighted by Gasteiger charge is -2.05. The molecular formula is C5H9N5O. The summed E-state index contributed by atoms with van der Waals surface area (Å²) in [6.45, 7) is 1.87. The van der Waals surface area contributed by atoms with Gasteiger partial charge in [-0.25, -0.2) is 0 Å². The minimum Gasteiger partial charge on any atom is -0.457 e. The molecule has 0 spiro atoms. The van der Waals surface area contributed by atoms with E-state index >= 15 is 0 Å². The summed E-state index contributed by atoms with van der Waals surface area (Å²) in [6, 6.07) is 0.332. The molecule has 1 aromatic heterocycles. The van der Waals surface area contributed by atoms with Crippen LogP contribution in [-0.4, -0.2) is 39.8 Å². The lowest BCUT2D eigenvalue weighted by molar-refractivity contribution is 0.204. The van der Waals surface area contributed by atoms with Crippen molar-refractivity contribution in [3.63, 3.8) is 0 Å². The van der Waals surface area contributed by atoms with Crippen LogP contribution >= 0.6 is 0 Å². The van der Waals surface area contributed by atoms with Crippen LogP contribution in [0.3, 0.4) is 0 Å². The van der Waals surface area contributed by atoms with Gasteiger partial charge in [-0.2, -0.15) is 5.21 Å². The van der Waals surface area contributed by atoms with Crippen molar-refractivity contribution >= 4 is 0 Å². The fourth-order valence-electron chi connectivity index (χ4n) is 1.08. The molecule has 1 atom stereocenters. The first-order valence-corrected chi connectivity index (χ1v) is 3.56. The molecule has 1 aromatic rings. The van der Waals surface area contributed by atoms with Gasteiger partial charge in [-0.15, -0.1) is 0 Å². The number of nitrogens with one attached hydrogen (secondary N) is 2. The number of nitrogens with zero attached hydrogens (tertiary/aromatic N) is 3. The first-order chi connectivity index (χ1) is 5.45. The Morgan fingerprint density at radius 3 is 3.18 bits per heavy atom. The third-order valence-electron chi connectivity index (χ3n) is 1.61. The predicted octanol–water partition coefficient (Wildman–Crippen LogP) is -1.06. The molecule has 2 heterocycles. The maximum Gasteiger partial charge on any atom is 0.356 e. The molecule has 11 heavy (non-hydrogen) atoms. The highest BCUT2D eigenvalue weighted by atomic mass is 16.5. The Morgan fingerprint density at radius 2 is 2.55 bits per heavy atom. The Hall–Kier alpha value is -1.17. The maximum absolute atomic E-state index is 5.34. The molecule has 0 radical (unpaired) electrons. The van der Waals surface area contributed by atoms with Gasteiger partial charge in [0.1, 0.15) is 6.10 Å². The van der Waals surface area contributed by atoms with Gasteiger partial charge in [0.05, 0.1) is 0 Å². The fraction of sp³-hybridized carbons (Fsp3) is 0.800. The molecule has 1 fully saturated rings. The Morgan fingerprint density at radius 1 is 1.55 bits per heavy atom. The minimum absolute atomic E-state index is 0.201. The van der Waals surface area contributed by atoms with E-state index in [0.717, 1.165) is 19.5 Å². The largest absolute Gasteiger partial charge is 0.457 e. The number of ether oxygens (including phenoxy) is 1. The van der Waals surface area contributed by atoms with Crippen molar-refractivity contribution in [2.45, 2.75) is 12.5 Å². The standard InChI is InChI=1S/C5H9N5O/c1-2-6-3-4(1)11-5-7-9-10-8-5/h4,6H,1-3H2,(H,7,8,9,10). The third kappa shape index (κ3) is 1.45. The molecule has 6 heteroatoms. The zero-order valence-electron chi connectivity index (χ0n) is 5.95. The van der Waals surface area contributed by atoms with Gasteiger partial charge < -0.3 is 10.1 Å². The number of hydrogen-bond donors (Lipinski definition) is 2. The molecule has 2 rings (SSSR count). The molecule has 1 unspecified atom stereocenters. The summed E-state index contributed by atoms with van der Waals surface area (Å²) in [4.78, 5) is 0. The van der Waals surface area contributed by atoms with Crippen molar-refractivity contribution in [1.29, 1.82) is 0 Å². The van der Waals surface area contributed by atoms with Crippen molar-refractivity contribution in [3.8, 4) is 6.01 Å². The van der Waals surface area contributed by atoms with Crippen LogP contribution in [0.1, 0.15) is 6.42 Å². The Labute approximate surface area is 63.3 Å². The van der Waals surface area contributed by atoms with E-state index in [1.807, 2.05) is 0 Å². The number of tetrazole rings is 1. The van der Waals surface area contributed by atoms with Crippen molar-refractivity contribution in [2.24, 2.45) is 0 Å². The molecule has 0 amide bonds. The van der Waals surface area contributed by atoms with Crippen LogP contribution in [0.2, 0.25) is 0 Å². The van der Waals surface area contributed by atoms with Crippen LogP contribution in [0.25, 0.3) is 0 Å². The molecule has 1 aliphatic heterocycles. The molecule has 0 aromatic carbocycles. The van der Waals surface area contributed by atoms with Crippen LogP contribution in [0.4, 0.5) is 0 Å². The van der Waals surface area contributed by atoms with Gasteiger partial charge in [0.25, 0.3) is 0 Å². The smallest absolute Gasteiger partial charge is 0.356 e. The SMILES string of the molecule is C1CC(Oc2nn[nH]n2)CN1. The van der Waals surface area contributed by atoms with Crippen molar-refractivity contribution in [1.82, 2.24) is 25.9 Å². The van der Waals surface area contributed by atoms with Gasteiger partial charge in [0.15, 0.2) is 0 Å².